The average molecular weight is 301 g/mol. The van der Waals surface area contributed by atoms with Crippen LogP contribution in [0.25, 0.3) is 0 Å². The first-order valence-corrected chi connectivity index (χ1v) is 7.80. The Bertz CT molecular complexity index is 762. The van der Waals surface area contributed by atoms with Gasteiger partial charge in [0.05, 0.1) is 18.2 Å². The summed E-state index contributed by atoms with van der Waals surface area (Å²) in [5.41, 5.74) is 1.84. The highest BCUT2D eigenvalue weighted by Gasteiger charge is 2.17. The van der Waals surface area contributed by atoms with Gasteiger partial charge < -0.3 is 5.32 Å². The maximum absolute atomic E-state index is 12.4. The fourth-order valence-corrected chi connectivity index (χ4v) is 3.17. The van der Waals surface area contributed by atoms with E-state index >= 15 is 0 Å². The lowest BCUT2D eigenvalue weighted by Gasteiger charge is -2.12. The van der Waals surface area contributed by atoms with E-state index in [-0.39, 0.29) is 4.90 Å². The quantitative estimate of drug-likeness (QED) is 0.889. The molecule has 0 aromatic heterocycles. The van der Waals surface area contributed by atoms with Crippen LogP contribution in [0, 0.1) is 11.3 Å². The van der Waals surface area contributed by atoms with Crippen molar-refractivity contribution in [2.75, 3.05) is 17.1 Å². The van der Waals surface area contributed by atoms with Crippen LogP contribution in [0.2, 0.25) is 0 Å². The molecule has 2 aromatic carbocycles. The highest BCUT2D eigenvalue weighted by Crippen LogP contribution is 2.23. The zero-order valence-electron chi connectivity index (χ0n) is 11.5. The van der Waals surface area contributed by atoms with Crippen LogP contribution in [-0.2, 0) is 16.4 Å². The zero-order chi connectivity index (χ0) is 15.3. The Kier molecular flexibility index (Phi) is 4.45. The minimum atomic E-state index is -3.66. The number of nitriles is 1. The topological polar surface area (TPSA) is 82.0 Å². The predicted octanol–water partition coefficient (Wildman–Crippen LogP) is 2.60. The van der Waals surface area contributed by atoms with E-state index < -0.39 is 10.0 Å². The summed E-state index contributed by atoms with van der Waals surface area (Å²) in [5.74, 6) is 0. The Morgan fingerprint density at radius 3 is 2.38 bits per heavy atom. The maximum Gasteiger partial charge on any atom is 0.263 e. The number of hydrogen-bond acceptors (Lipinski definition) is 4. The molecule has 0 saturated carbocycles. The third kappa shape index (κ3) is 3.52. The average Bonchev–Trinajstić information content (AvgIpc) is 2.49. The first kappa shape index (κ1) is 14.9. The van der Waals surface area contributed by atoms with E-state index in [2.05, 4.69) is 10.0 Å². The van der Waals surface area contributed by atoms with E-state index in [1.807, 2.05) is 6.07 Å². The van der Waals surface area contributed by atoms with Crippen LogP contribution in [0.3, 0.4) is 0 Å². The molecule has 108 valence electrons. The van der Waals surface area contributed by atoms with Crippen LogP contribution in [0.1, 0.15) is 5.56 Å². The molecule has 0 radical (unpaired) electrons. The smallest absolute Gasteiger partial charge is 0.263 e. The number of nitrogens with one attached hydrogen (secondary N) is 2. The van der Waals surface area contributed by atoms with Gasteiger partial charge in [0.2, 0.25) is 0 Å². The summed E-state index contributed by atoms with van der Waals surface area (Å²) >= 11 is 0. The lowest BCUT2D eigenvalue weighted by atomic mass is 10.1. The van der Waals surface area contributed by atoms with Crippen molar-refractivity contribution >= 4 is 21.4 Å². The van der Waals surface area contributed by atoms with Crippen molar-refractivity contribution in [1.82, 2.24) is 0 Å². The SMILES string of the molecule is CNc1ccccc1S(=O)(=O)Nc1ccc(CC#N)cc1. The minimum absolute atomic E-state index is 0.189. The second-order valence-electron chi connectivity index (χ2n) is 4.38. The lowest BCUT2D eigenvalue weighted by Crippen LogP contribution is -2.14. The van der Waals surface area contributed by atoms with Gasteiger partial charge in [0.15, 0.2) is 0 Å². The molecule has 2 aromatic rings. The number of anilines is 2. The Morgan fingerprint density at radius 1 is 1.10 bits per heavy atom. The molecule has 0 bridgehead atoms. The summed E-state index contributed by atoms with van der Waals surface area (Å²) in [6.07, 6.45) is 0.301. The van der Waals surface area contributed by atoms with Crippen LogP contribution in [0.5, 0.6) is 0 Å². The molecule has 6 heteroatoms. The van der Waals surface area contributed by atoms with Crippen LogP contribution in [0.15, 0.2) is 53.4 Å². The summed E-state index contributed by atoms with van der Waals surface area (Å²) in [7, 11) is -1.99. The summed E-state index contributed by atoms with van der Waals surface area (Å²) in [5, 5.41) is 11.5. The molecule has 0 spiro atoms. The second-order valence-corrected chi connectivity index (χ2v) is 6.03. The van der Waals surface area contributed by atoms with Crippen molar-refractivity contribution in [3.05, 3.63) is 54.1 Å². The van der Waals surface area contributed by atoms with Gasteiger partial charge >= 0.3 is 0 Å². The number of sulfonamides is 1. The van der Waals surface area contributed by atoms with Gasteiger partial charge in [0.1, 0.15) is 4.90 Å². The molecule has 0 aliphatic rings. The summed E-state index contributed by atoms with van der Waals surface area (Å²) in [6, 6.07) is 15.5. The molecule has 2 rings (SSSR count). The summed E-state index contributed by atoms with van der Waals surface area (Å²) in [4.78, 5) is 0.189. The number of rotatable bonds is 5. The van der Waals surface area contributed by atoms with Gasteiger partial charge in [0, 0.05) is 12.7 Å². The number of nitrogens with zero attached hydrogens (tertiary/aromatic N) is 1. The Balaban J connectivity index is 2.27. The van der Waals surface area contributed by atoms with E-state index in [1.165, 1.54) is 6.07 Å². The van der Waals surface area contributed by atoms with Crippen molar-refractivity contribution in [3.8, 4) is 6.07 Å². The highest BCUT2D eigenvalue weighted by atomic mass is 32.2. The highest BCUT2D eigenvalue weighted by molar-refractivity contribution is 7.92. The molecule has 5 nitrogen and oxygen atoms in total. The number of hydrogen-bond donors (Lipinski definition) is 2. The third-order valence-corrected chi connectivity index (χ3v) is 4.37. The van der Waals surface area contributed by atoms with E-state index in [4.69, 9.17) is 5.26 Å². The standard InChI is InChI=1S/C15H15N3O2S/c1-17-14-4-2-3-5-15(14)21(19,20)18-13-8-6-12(7-9-13)10-11-16/h2-9,17-18H,10H2,1H3. The first-order valence-electron chi connectivity index (χ1n) is 6.32. The van der Waals surface area contributed by atoms with Gasteiger partial charge in [-0.1, -0.05) is 24.3 Å². The van der Waals surface area contributed by atoms with Crippen molar-refractivity contribution in [1.29, 1.82) is 5.26 Å². The predicted molar refractivity (Wildman–Crippen MR) is 82.6 cm³/mol. The van der Waals surface area contributed by atoms with E-state index in [0.717, 1.165) is 5.56 Å². The minimum Gasteiger partial charge on any atom is -0.387 e. The van der Waals surface area contributed by atoms with Gasteiger partial charge in [0.25, 0.3) is 10.0 Å². The molecule has 0 aliphatic carbocycles. The molecule has 2 N–H and O–H groups in total. The fraction of sp³-hybridized carbons (Fsp3) is 0.133. The Morgan fingerprint density at radius 2 is 1.76 bits per heavy atom. The molecule has 0 unspecified atom stereocenters. The molecular weight excluding hydrogens is 286 g/mol. The molecule has 0 saturated heterocycles. The largest absolute Gasteiger partial charge is 0.387 e. The monoisotopic (exact) mass is 301 g/mol. The molecule has 0 amide bonds. The van der Waals surface area contributed by atoms with Crippen LogP contribution in [-0.4, -0.2) is 15.5 Å². The maximum atomic E-state index is 12.4. The van der Waals surface area contributed by atoms with Crippen LogP contribution >= 0.6 is 0 Å². The lowest BCUT2D eigenvalue weighted by molar-refractivity contribution is 0.601. The molecule has 21 heavy (non-hydrogen) atoms. The normalized spacial score (nSPS) is 10.7. The van der Waals surface area contributed by atoms with Gasteiger partial charge in [-0.3, -0.25) is 4.72 Å². The zero-order valence-corrected chi connectivity index (χ0v) is 12.3. The van der Waals surface area contributed by atoms with Crippen molar-refractivity contribution in [2.24, 2.45) is 0 Å². The molecule has 0 atom stereocenters. The van der Waals surface area contributed by atoms with Crippen LogP contribution < -0.4 is 10.0 Å². The van der Waals surface area contributed by atoms with E-state index in [1.54, 1.807) is 49.5 Å². The number of para-hydroxylation sites is 1. The molecular formula is C15H15N3O2S. The van der Waals surface area contributed by atoms with Gasteiger partial charge in [-0.05, 0) is 29.8 Å². The molecule has 0 heterocycles. The van der Waals surface area contributed by atoms with Gasteiger partial charge in [-0.15, -0.1) is 0 Å². The molecule has 0 fully saturated rings. The van der Waals surface area contributed by atoms with E-state index in [9.17, 15) is 8.42 Å². The first-order chi connectivity index (χ1) is 10.1. The number of benzene rings is 2. The van der Waals surface area contributed by atoms with Crippen molar-refractivity contribution in [2.45, 2.75) is 11.3 Å². The van der Waals surface area contributed by atoms with Crippen molar-refractivity contribution in [3.63, 3.8) is 0 Å². The third-order valence-electron chi connectivity index (χ3n) is 2.94. The Labute approximate surface area is 124 Å². The Hall–Kier alpha value is -2.52. The second kappa shape index (κ2) is 6.29. The molecule has 0 aliphatic heterocycles. The fourth-order valence-electron chi connectivity index (χ4n) is 1.90. The van der Waals surface area contributed by atoms with Gasteiger partial charge in [-0.25, -0.2) is 8.42 Å². The van der Waals surface area contributed by atoms with Gasteiger partial charge in [-0.2, -0.15) is 5.26 Å². The van der Waals surface area contributed by atoms with Crippen molar-refractivity contribution < 1.29 is 8.42 Å². The van der Waals surface area contributed by atoms with E-state index in [0.29, 0.717) is 17.8 Å². The summed E-state index contributed by atoms with van der Waals surface area (Å²) < 4.78 is 27.3. The summed E-state index contributed by atoms with van der Waals surface area (Å²) in [6.45, 7) is 0. The van der Waals surface area contributed by atoms with Crippen LogP contribution in [0.4, 0.5) is 11.4 Å².